The molecule has 216 valence electrons. The first kappa shape index (κ1) is 33.3. The molecule has 0 aromatic heterocycles. The van der Waals surface area contributed by atoms with Gasteiger partial charge in [-0.05, 0) is 65.9 Å². The average Bonchev–Trinajstić information content (AvgIpc) is 2.83. The zero-order chi connectivity index (χ0) is 29.3. The predicted octanol–water partition coefficient (Wildman–Crippen LogP) is 6.00. The van der Waals surface area contributed by atoms with Crippen LogP contribution in [-0.2, 0) is 14.3 Å². The van der Waals surface area contributed by atoms with Crippen LogP contribution in [0.15, 0.2) is 18.2 Å². The average molecular weight is 534 g/mol. The topological polar surface area (TPSA) is 108 Å². The molecule has 0 spiro atoms. The minimum atomic E-state index is -1.09. The van der Waals surface area contributed by atoms with E-state index < -0.39 is 35.2 Å². The molecular weight excluding hydrogens is 482 g/mol. The molecule has 0 heterocycles. The summed E-state index contributed by atoms with van der Waals surface area (Å²) >= 11 is 0. The van der Waals surface area contributed by atoms with Crippen LogP contribution < -0.4 is 10.6 Å². The summed E-state index contributed by atoms with van der Waals surface area (Å²) in [6.45, 7) is 19.2. The summed E-state index contributed by atoms with van der Waals surface area (Å²) in [4.78, 5) is 42.6. The number of rotatable bonds is 13. The standard InChI is InChI=1S/C30H51N3O5/c1-11-14-15-19-31-26(35)24(22-18-16-17-21(5)25(22)34)33(30(9,10)13-3)27(36)23(20(4)12-2)32-28(37)38-29(6,7)8/h16-18,20,23-24,34H,11-15,19H2,1-10H3,(H,31,35)(H,32,37). The van der Waals surface area contributed by atoms with Gasteiger partial charge in [0.1, 0.15) is 23.4 Å². The second-order valence-electron chi connectivity index (χ2n) is 11.8. The minimum Gasteiger partial charge on any atom is -0.507 e. The fraction of sp³-hybridized carbons (Fsp3) is 0.700. The number of amides is 3. The molecule has 0 saturated heterocycles. The second kappa shape index (κ2) is 14.4. The molecule has 3 unspecified atom stereocenters. The predicted molar refractivity (Wildman–Crippen MR) is 152 cm³/mol. The number of phenols is 1. The van der Waals surface area contributed by atoms with Crippen molar-refractivity contribution in [1.29, 1.82) is 0 Å². The van der Waals surface area contributed by atoms with E-state index in [1.807, 2.05) is 34.6 Å². The molecule has 0 radical (unpaired) electrons. The molecule has 1 rings (SSSR count). The molecule has 8 heteroatoms. The van der Waals surface area contributed by atoms with Gasteiger partial charge in [-0.15, -0.1) is 0 Å². The number of hydrogen-bond acceptors (Lipinski definition) is 5. The van der Waals surface area contributed by atoms with Crippen molar-refractivity contribution in [3.63, 3.8) is 0 Å². The molecule has 0 aliphatic heterocycles. The third-order valence-electron chi connectivity index (χ3n) is 7.06. The van der Waals surface area contributed by atoms with Crippen LogP contribution in [0, 0.1) is 12.8 Å². The van der Waals surface area contributed by atoms with Crippen LogP contribution in [0.5, 0.6) is 5.75 Å². The summed E-state index contributed by atoms with van der Waals surface area (Å²) in [5, 5.41) is 16.8. The first-order chi connectivity index (χ1) is 17.6. The summed E-state index contributed by atoms with van der Waals surface area (Å²) in [6, 6.07) is 3.20. The Balaban J connectivity index is 3.69. The van der Waals surface area contributed by atoms with Gasteiger partial charge in [0.15, 0.2) is 0 Å². The Morgan fingerprint density at radius 2 is 1.68 bits per heavy atom. The zero-order valence-corrected chi connectivity index (χ0v) is 25.2. The van der Waals surface area contributed by atoms with Gasteiger partial charge in [0, 0.05) is 17.6 Å². The Morgan fingerprint density at radius 3 is 2.21 bits per heavy atom. The first-order valence-corrected chi connectivity index (χ1v) is 14.0. The van der Waals surface area contributed by atoms with Crippen LogP contribution in [0.1, 0.15) is 112 Å². The first-order valence-electron chi connectivity index (χ1n) is 14.0. The minimum absolute atomic E-state index is 0.0221. The van der Waals surface area contributed by atoms with Crippen LogP contribution in [0.3, 0.4) is 0 Å². The van der Waals surface area contributed by atoms with Gasteiger partial charge in [-0.2, -0.15) is 0 Å². The smallest absolute Gasteiger partial charge is 0.408 e. The van der Waals surface area contributed by atoms with Gasteiger partial charge in [0.2, 0.25) is 11.8 Å². The van der Waals surface area contributed by atoms with E-state index in [-0.39, 0.29) is 17.6 Å². The Morgan fingerprint density at radius 1 is 1.05 bits per heavy atom. The van der Waals surface area contributed by atoms with Crippen LogP contribution in [0.25, 0.3) is 0 Å². The van der Waals surface area contributed by atoms with Crippen molar-refractivity contribution >= 4 is 17.9 Å². The number of ether oxygens (including phenoxy) is 1. The lowest BCUT2D eigenvalue weighted by Gasteiger charge is -2.45. The van der Waals surface area contributed by atoms with Crippen molar-refractivity contribution in [2.24, 2.45) is 5.92 Å². The van der Waals surface area contributed by atoms with Crippen molar-refractivity contribution in [1.82, 2.24) is 15.5 Å². The van der Waals surface area contributed by atoms with Gasteiger partial charge in [-0.25, -0.2) is 4.79 Å². The van der Waals surface area contributed by atoms with Crippen molar-refractivity contribution in [3.8, 4) is 5.75 Å². The Labute approximate surface area is 229 Å². The number of alkyl carbamates (subject to hydrolysis) is 1. The maximum Gasteiger partial charge on any atom is 0.408 e. The largest absolute Gasteiger partial charge is 0.507 e. The molecule has 0 fully saturated rings. The lowest BCUT2D eigenvalue weighted by Crippen LogP contribution is -2.60. The SMILES string of the molecule is CCCCCNC(=O)C(c1cccc(C)c1O)N(C(=O)C(NC(=O)OC(C)(C)C)C(C)CC)C(C)(C)CC. The summed E-state index contributed by atoms with van der Waals surface area (Å²) < 4.78 is 5.47. The summed E-state index contributed by atoms with van der Waals surface area (Å²) in [7, 11) is 0. The number of phenolic OH excluding ortho intramolecular Hbond substituents is 1. The molecule has 8 nitrogen and oxygen atoms in total. The fourth-order valence-corrected chi connectivity index (χ4v) is 4.20. The van der Waals surface area contributed by atoms with E-state index in [0.29, 0.717) is 30.5 Å². The maximum absolute atomic E-state index is 14.4. The van der Waals surface area contributed by atoms with E-state index in [1.54, 1.807) is 50.8 Å². The number of carbonyl (C=O) groups excluding carboxylic acids is 3. The number of carbonyl (C=O) groups is 3. The van der Waals surface area contributed by atoms with Crippen LogP contribution >= 0.6 is 0 Å². The number of nitrogens with one attached hydrogen (secondary N) is 2. The number of aryl methyl sites for hydroxylation is 1. The number of benzene rings is 1. The van der Waals surface area contributed by atoms with Crippen molar-refractivity contribution < 1.29 is 24.2 Å². The van der Waals surface area contributed by atoms with Gasteiger partial charge >= 0.3 is 6.09 Å². The molecular formula is C30H51N3O5. The lowest BCUT2D eigenvalue weighted by atomic mass is 9.89. The van der Waals surface area contributed by atoms with Crippen molar-refractivity contribution in [2.75, 3.05) is 6.54 Å². The van der Waals surface area contributed by atoms with E-state index in [2.05, 4.69) is 17.6 Å². The van der Waals surface area contributed by atoms with Gasteiger partial charge in [-0.3, -0.25) is 9.59 Å². The number of aromatic hydroxyl groups is 1. The highest BCUT2D eigenvalue weighted by Gasteiger charge is 2.45. The molecule has 0 saturated carbocycles. The molecule has 1 aromatic rings. The molecule has 38 heavy (non-hydrogen) atoms. The monoisotopic (exact) mass is 533 g/mol. The molecule has 3 amide bonds. The van der Waals surface area contributed by atoms with E-state index in [0.717, 1.165) is 19.3 Å². The van der Waals surface area contributed by atoms with Gasteiger partial charge in [0.05, 0.1) is 0 Å². The van der Waals surface area contributed by atoms with Crippen molar-refractivity contribution in [3.05, 3.63) is 29.3 Å². The number of unbranched alkanes of at least 4 members (excludes halogenated alkanes) is 2. The molecule has 0 bridgehead atoms. The van der Waals surface area contributed by atoms with Crippen LogP contribution in [-0.4, -0.2) is 51.6 Å². The molecule has 0 aliphatic carbocycles. The van der Waals surface area contributed by atoms with Gasteiger partial charge in [-0.1, -0.05) is 65.2 Å². The zero-order valence-electron chi connectivity index (χ0n) is 25.2. The number of hydrogen-bond donors (Lipinski definition) is 3. The summed E-state index contributed by atoms with van der Waals surface area (Å²) in [6.07, 6.45) is 3.28. The molecule has 3 N–H and O–H groups in total. The summed E-state index contributed by atoms with van der Waals surface area (Å²) in [5.41, 5.74) is -0.546. The Kier molecular flexibility index (Phi) is 12.6. The lowest BCUT2D eigenvalue weighted by molar-refractivity contribution is -0.150. The van der Waals surface area contributed by atoms with E-state index in [1.165, 1.54) is 0 Å². The van der Waals surface area contributed by atoms with Gasteiger partial charge in [0.25, 0.3) is 0 Å². The van der Waals surface area contributed by atoms with Crippen molar-refractivity contribution in [2.45, 2.75) is 125 Å². The highest BCUT2D eigenvalue weighted by atomic mass is 16.6. The summed E-state index contributed by atoms with van der Waals surface area (Å²) in [5.74, 6) is -1.01. The molecule has 1 aromatic carbocycles. The molecule has 0 aliphatic rings. The quantitative estimate of drug-likeness (QED) is 0.269. The highest BCUT2D eigenvalue weighted by Crippen LogP contribution is 2.37. The van der Waals surface area contributed by atoms with Crippen LogP contribution in [0.2, 0.25) is 0 Å². The second-order valence-corrected chi connectivity index (χ2v) is 11.8. The van der Waals surface area contributed by atoms with Crippen LogP contribution in [0.4, 0.5) is 4.79 Å². The van der Waals surface area contributed by atoms with E-state index in [9.17, 15) is 19.5 Å². The third kappa shape index (κ3) is 9.21. The number of nitrogens with zero attached hydrogens (tertiary/aromatic N) is 1. The fourth-order valence-electron chi connectivity index (χ4n) is 4.20. The van der Waals surface area contributed by atoms with Gasteiger partial charge < -0.3 is 25.4 Å². The Hall–Kier alpha value is -2.77. The third-order valence-corrected chi connectivity index (χ3v) is 7.06. The molecule has 3 atom stereocenters. The maximum atomic E-state index is 14.4. The Bertz CT molecular complexity index is 938. The van der Waals surface area contributed by atoms with E-state index in [4.69, 9.17) is 4.74 Å². The normalized spacial score (nSPS) is 14.3. The number of para-hydroxylation sites is 1. The highest BCUT2D eigenvalue weighted by molar-refractivity contribution is 5.93. The van der Waals surface area contributed by atoms with E-state index >= 15 is 0 Å².